The Hall–Kier alpha value is -0.250. The minimum absolute atomic E-state index is 0.0116. The van der Waals surface area contributed by atoms with E-state index in [4.69, 9.17) is 23.2 Å². The van der Waals surface area contributed by atoms with Crippen LogP contribution in [0.4, 0.5) is 0 Å². The van der Waals surface area contributed by atoms with Gasteiger partial charge in [-0.25, -0.2) is 0 Å². The van der Waals surface area contributed by atoms with Crippen LogP contribution in [0, 0.1) is 17.3 Å². The van der Waals surface area contributed by atoms with E-state index in [0.29, 0.717) is 0 Å². The third kappa shape index (κ3) is 2.68. The number of hydrogen-bond donors (Lipinski definition) is 1. The SMILES string of the molecule is C[NH+]1CCN(C(=O)[C@@H]2[C@@H](C=C(Cl)Cl)C2(C)C)CC1. The largest absolute Gasteiger partial charge is 0.334 e. The summed E-state index contributed by atoms with van der Waals surface area (Å²) in [6.07, 6.45) is 1.81. The third-order valence-electron chi connectivity index (χ3n) is 4.41. The highest BCUT2D eigenvalue weighted by atomic mass is 35.5. The molecule has 1 amide bonds. The zero-order valence-electron chi connectivity index (χ0n) is 11.2. The lowest BCUT2D eigenvalue weighted by Gasteiger charge is -2.30. The normalized spacial score (nSPS) is 31.1. The van der Waals surface area contributed by atoms with E-state index in [1.165, 1.54) is 4.90 Å². The van der Waals surface area contributed by atoms with Gasteiger partial charge in [-0.05, 0) is 17.4 Å². The van der Waals surface area contributed by atoms with Gasteiger partial charge in [0.25, 0.3) is 0 Å². The molecule has 2 rings (SSSR count). The summed E-state index contributed by atoms with van der Waals surface area (Å²) in [6, 6.07) is 0. The van der Waals surface area contributed by atoms with Crippen LogP contribution in [0.5, 0.6) is 0 Å². The van der Waals surface area contributed by atoms with Crippen LogP contribution in [0.3, 0.4) is 0 Å². The smallest absolute Gasteiger partial charge is 0.227 e. The molecule has 5 heteroatoms. The molecular formula is C13H21Cl2N2O+. The molecule has 1 aliphatic heterocycles. The summed E-state index contributed by atoms with van der Waals surface area (Å²) in [5, 5.41) is 0. The van der Waals surface area contributed by atoms with Crippen LogP contribution in [0.1, 0.15) is 13.8 Å². The number of piperazine rings is 1. The zero-order chi connectivity index (χ0) is 13.5. The number of hydrogen-bond acceptors (Lipinski definition) is 1. The lowest BCUT2D eigenvalue weighted by Crippen LogP contribution is -3.12. The summed E-state index contributed by atoms with van der Waals surface area (Å²) in [5.74, 6) is 0.494. The molecule has 1 N–H and O–H groups in total. The van der Waals surface area contributed by atoms with Crippen LogP contribution < -0.4 is 4.90 Å². The Kier molecular flexibility index (Phi) is 3.96. The molecule has 1 heterocycles. The summed E-state index contributed by atoms with van der Waals surface area (Å²) in [5.41, 5.74) is -0.0116. The highest BCUT2D eigenvalue weighted by Gasteiger charge is 2.61. The van der Waals surface area contributed by atoms with Crippen molar-refractivity contribution < 1.29 is 9.69 Å². The van der Waals surface area contributed by atoms with Crippen molar-refractivity contribution >= 4 is 29.1 Å². The van der Waals surface area contributed by atoms with Crippen LogP contribution in [0.2, 0.25) is 0 Å². The topological polar surface area (TPSA) is 24.8 Å². The molecule has 1 saturated carbocycles. The van der Waals surface area contributed by atoms with Gasteiger partial charge < -0.3 is 9.80 Å². The first kappa shape index (κ1) is 14.2. The third-order valence-corrected chi connectivity index (χ3v) is 4.66. The molecule has 1 saturated heterocycles. The van der Waals surface area contributed by atoms with Gasteiger partial charge in [0, 0.05) is 0 Å². The van der Waals surface area contributed by atoms with Gasteiger partial charge in [-0.15, -0.1) is 0 Å². The van der Waals surface area contributed by atoms with Crippen molar-refractivity contribution in [3.8, 4) is 0 Å². The standard InChI is InChI=1S/C13H20Cl2N2O/c1-13(2)9(8-10(14)15)11(13)12(18)17-6-4-16(3)5-7-17/h8-9,11H,4-7H2,1-3H3/p+1/t9-,11+/m1/s1. The molecule has 18 heavy (non-hydrogen) atoms. The van der Waals surface area contributed by atoms with Crippen LogP contribution >= 0.6 is 23.2 Å². The number of quaternary nitrogens is 1. The molecular weight excluding hydrogens is 271 g/mol. The average molecular weight is 292 g/mol. The first-order chi connectivity index (χ1) is 8.34. The molecule has 2 atom stereocenters. The quantitative estimate of drug-likeness (QED) is 0.805. The fraction of sp³-hybridized carbons (Fsp3) is 0.769. The highest BCUT2D eigenvalue weighted by molar-refractivity contribution is 6.55. The van der Waals surface area contributed by atoms with Crippen molar-refractivity contribution in [2.24, 2.45) is 17.3 Å². The first-order valence-electron chi connectivity index (χ1n) is 6.47. The monoisotopic (exact) mass is 291 g/mol. The molecule has 2 aliphatic rings. The molecule has 2 fully saturated rings. The molecule has 0 radical (unpaired) electrons. The molecule has 0 aromatic rings. The van der Waals surface area contributed by atoms with E-state index < -0.39 is 0 Å². The van der Waals surface area contributed by atoms with Gasteiger partial charge in [-0.2, -0.15) is 0 Å². The molecule has 0 spiro atoms. The van der Waals surface area contributed by atoms with Crippen molar-refractivity contribution in [1.82, 2.24) is 4.90 Å². The van der Waals surface area contributed by atoms with Crippen molar-refractivity contribution in [3.63, 3.8) is 0 Å². The zero-order valence-corrected chi connectivity index (χ0v) is 12.7. The van der Waals surface area contributed by atoms with E-state index in [1.54, 1.807) is 0 Å². The minimum Gasteiger partial charge on any atom is -0.334 e. The van der Waals surface area contributed by atoms with Gasteiger partial charge in [-0.1, -0.05) is 37.0 Å². The van der Waals surface area contributed by atoms with Crippen LogP contribution in [0.15, 0.2) is 10.6 Å². The van der Waals surface area contributed by atoms with Crippen LogP contribution in [-0.4, -0.2) is 44.0 Å². The molecule has 1 aliphatic carbocycles. The number of amides is 1. The predicted molar refractivity (Wildman–Crippen MR) is 73.8 cm³/mol. The lowest BCUT2D eigenvalue weighted by molar-refractivity contribution is -0.883. The predicted octanol–water partition coefficient (Wildman–Crippen LogP) is 0.935. The van der Waals surface area contributed by atoms with E-state index >= 15 is 0 Å². The van der Waals surface area contributed by atoms with Gasteiger partial charge >= 0.3 is 0 Å². The summed E-state index contributed by atoms with van der Waals surface area (Å²) < 4.78 is 0.270. The minimum atomic E-state index is -0.0116. The molecule has 0 bridgehead atoms. The first-order valence-corrected chi connectivity index (χ1v) is 7.22. The second-order valence-electron chi connectivity index (χ2n) is 6.06. The number of carbonyl (C=O) groups excluding carboxylic acids is 1. The molecule has 0 aromatic heterocycles. The number of rotatable bonds is 2. The van der Waals surface area contributed by atoms with Gasteiger partial charge in [-0.3, -0.25) is 4.79 Å². The Morgan fingerprint density at radius 3 is 2.39 bits per heavy atom. The Balaban J connectivity index is 2.00. The van der Waals surface area contributed by atoms with E-state index in [9.17, 15) is 4.79 Å². The Bertz CT molecular complexity index is 369. The van der Waals surface area contributed by atoms with Gasteiger partial charge in [0.05, 0.1) is 39.1 Å². The average Bonchev–Trinajstić information content (AvgIpc) is 2.79. The van der Waals surface area contributed by atoms with Gasteiger partial charge in [0.1, 0.15) is 4.49 Å². The summed E-state index contributed by atoms with van der Waals surface area (Å²) in [4.78, 5) is 16.0. The van der Waals surface area contributed by atoms with E-state index in [0.717, 1.165) is 26.2 Å². The molecule has 3 nitrogen and oxygen atoms in total. The maximum absolute atomic E-state index is 12.5. The highest BCUT2D eigenvalue weighted by Crippen LogP contribution is 2.60. The van der Waals surface area contributed by atoms with Crippen molar-refractivity contribution in [2.45, 2.75) is 13.8 Å². The number of nitrogens with one attached hydrogen (secondary N) is 1. The van der Waals surface area contributed by atoms with Crippen molar-refractivity contribution in [2.75, 3.05) is 33.2 Å². The fourth-order valence-corrected chi connectivity index (χ4v) is 3.17. The summed E-state index contributed by atoms with van der Waals surface area (Å²) in [7, 11) is 2.17. The van der Waals surface area contributed by atoms with Crippen molar-refractivity contribution in [1.29, 1.82) is 0 Å². The van der Waals surface area contributed by atoms with E-state index in [1.807, 2.05) is 11.0 Å². The number of allylic oxidation sites excluding steroid dienone is 1. The van der Waals surface area contributed by atoms with E-state index in [-0.39, 0.29) is 27.6 Å². The maximum Gasteiger partial charge on any atom is 0.227 e. The van der Waals surface area contributed by atoms with Gasteiger partial charge in [0.2, 0.25) is 5.91 Å². The molecule has 0 aromatic carbocycles. The number of carbonyl (C=O) groups is 1. The van der Waals surface area contributed by atoms with Crippen LogP contribution in [0.25, 0.3) is 0 Å². The number of nitrogens with zero attached hydrogens (tertiary/aromatic N) is 1. The van der Waals surface area contributed by atoms with Crippen LogP contribution in [-0.2, 0) is 4.79 Å². The maximum atomic E-state index is 12.5. The van der Waals surface area contributed by atoms with E-state index in [2.05, 4.69) is 20.9 Å². The van der Waals surface area contributed by atoms with Gasteiger partial charge in [0.15, 0.2) is 0 Å². The number of halogens is 2. The Labute approximate surface area is 119 Å². The fourth-order valence-electron chi connectivity index (χ4n) is 2.90. The Morgan fingerprint density at radius 1 is 1.33 bits per heavy atom. The molecule has 102 valence electrons. The summed E-state index contributed by atoms with van der Waals surface area (Å²) >= 11 is 11.4. The second-order valence-corrected chi connectivity index (χ2v) is 7.07. The lowest BCUT2D eigenvalue weighted by atomic mass is 10.1. The number of likely N-dealkylation sites (N-methyl/N-ethyl adjacent to an activating group) is 1. The second kappa shape index (κ2) is 5.03. The molecule has 0 unspecified atom stereocenters. The summed E-state index contributed by atoms with van der Waals surface area (Å²) in [6.45, 7) is 8.01. The van der Waals surface area contributed by atoms with Crippen molar-refractivity contribution in [3.05, 3.63) is 10.6 Å². The Morgan fingerprint density at radius 2 is 1.89 bits per heavy atom.